The summed E-state index contributed by atoms with van der Waals surface area (Å²) in [6.07, 6.45) is 3.47. The summed E-state index contributed by atoms with van der Waals surface area (Å²) in [5.74, 6) is -0.222. The maximum atomic E-state index is 12.6. The molecule has 8 heteroatoms. The van der Waals surface area contributed by atoms with Gasteiger partial charge in [-0.15, -0.1) is 0 Å². The predicted molar refractivity (Wildman–Crippen MR) is 78.9 cm³/mol. The summed E-state index contributed by atoms with van der Waals surface area (Å²) in [5.41, 5.74) is 0. The molecule has 0 bridgehead atoms. The number of sulfone groups is 1. The number of nitrogens with zero attached hydrogens (tertiary/aromatic N) is 1. The highest BCUT2D eigenvalue weighted by Crippen LogP contribution is 2.23. The number of piperidine rings is 1. The molecule has 6 nitrogen and oxygen atoms in total. The van der Waals surface area contributed by atoms with Crippen molar-refractivity contribution in [3.63, 3.8) is 0 Å². The first-order valence-corrected chi connectivity index (χ1v) is 10.6. The van der Waals surface area contributed by atoms with E-state index in [1.54, 1.807) is 0 Å². The number of rotatable bonds is 5. The van der Waals surface area contributed by atoms with Gasteiger partial charge < -0.3 is 5.32 Å². The van der Waals surface area contributed by atoms with Gasteiger partial charge in [0.25, 0.3) is 0 Å². The molecule has 2 saturated heterocycles. The lowest BCUT2D eigenvalue weighted by atomic mass is 10.1. The zero-order valence-corrected chi connectivity index (χ0v) is 13.5. The van der Waals surface area contributed by atoms with E-state index < -0.39 is 25.1 Å². The molecular formula is C12H24N2O4S2. The van der Waals surface area contributed by atoms with Gasteiger partial charge in [0.15, 0.2) is 9.84 Å². The molecule has 2 fully saturated rings. The van der Waals surface area contributed by atoms with Gasteiger partial charge in [0.05, 0.1) is 16.8 Å². The van der Waals surface area contributed by atoms with E-state index in [9.17, 15) is 16.8 Å². The van der Waals surface area contributed by atoms with Gasteiger partial charge in [0.1, 0.15) is 0 Å². The topological polar surface area (TPSA) is 83.6 Å². The van der Waals surface area contributed by atoms with Gasteiger partial charge in [-0.3, -0.25) is 0 Å². The zero-order chi connectivity index (χ0) is 14.8. The number of hydrogen-bond acceptors (Lipinski definition) is 5. The molecule has 2 aliphatic rings. The van der Waals surface area contributed by atoms with E-state index in [0.717, 1.165) is 25.8 Å². The highest BCUT2D eigenvalue weighted by Gasteiger charge is 2.40. The highest BCUT2D eigenvalue weighted by atomic mass is 32.2. The molecule has 0 aromatic heterocycles. The molecule has 2 rings (SSSR count). The Balaban J connectivity index is 2.05. The smallest absolute Gasteiger partial charge is 0.218 e. The van der Waals surface area contributed by atoms with Crippen LogP contribution in [0, 0.1) is 0 Å². The molecule has 1 N–H and O–H groups in total. The monoisotopic (exact) mass is 324 g/mol. The van der Waals surface area contributed by atoms with E-state index in [1.807, 2.05) is 6.92 Å². The van der Waals surface area contributed by atoms with Crippen LogP contribution >= 0.6 is 0 Å². The lowest BCUT2D eigenvalue weighted by Gasteiger charge is -2.30. The van der Waals surface area contributed by atoms with Gasteiger partial charge in [-0.1, -0.05) is 13.3 Å². The fraction of sp³-hybridized carbons (Fsp3) is 1.00. The van der Waals surface area contributed by atoms with Gasteiger partial charge in [-0.25, -0.2) is 21.1 Å². The fourth-order valence-corrected chi connectivity index (χ4v) is 7.53. The van der Waals surface area contributed by atoms with Gasteiger partial charge in [-0.05, 0) is 25.8 Å². The van der Waals surface area contributed by atoms with Crippen LogP contribution in [0.5, 0.6) is 0 Å². The first kappa shape index (κ1) is 16.2. The van der Waals surface area contributed by atoms with Crippen molar-refractivity contribution < 1.29 is 16.8 Å². The van der Waals surface area contributed by atoms with E-state index in [4.69, 9.17) is 0 Å². The van der Waals surface area contributed by atoms with Crippen molar-refractivity contribution >= 4 is 19.9 Å². The minimum absolute atomic E-state index is 0.00384. The molecule has 2 heterocycles. The van der Waals surface area contributed by atoms with Crippen molar-refractivity contribution in [2.75, 3.05) is 31.1 Å². The van der Waals surface area contributed by atoms with Gasteiger partial charge in [0.2, 0.25) is 10.0 Å². The maximum absolute atomic E-state index is 12.6. The zero-order valence-electron chi connectivity index (χ0n) is 11.9. The lowest BCUT2D eigenvalue weighted by Crippen LogP contribution is -2.48. The minimum Gasteiger partial charge on any atom is -0.313 e. The summed E-state index contributed by atoms with van der Waals surface area (Å²) >= 11 is 0. The third-order valence-corrected chi connectivity index (χ3v) is 8.51. The second-order valence-electron chi connectivity index (χ2n) is 5.67. The molecule has 2 aliphatic heterocycles. The lowest BCUT2D eigenvalue weighted by molar-refractivity contribution is 0.317. The average Bonchev–Trinajstić information content (AvgIpc) is 2.78. The number of sulfonamides is 1. The predicted octanol–water partition coefficient (Wildman–Crippen LogP) is -0.0327. The molecule has 20 heavy (non-hydrogen) atoms. The molecule has 0 amide bonds. The molecular weight excluding hydrogens is 300 g/mol. The molecule has 2 unspecified atom stereocenters. The highest BCUT2D eigenvalue weighted by molar-refractivity contribution is 7.95. The van der Waals surface area contributed by atoms with Crippen LogP contribution < -0.4 is 5.32 Å². The molecule has 0 spiro atoms. The Morgan fingerprint density at radius 2 is 2.00 bits per heavy atom. The molecule has 118 valence electrons. The largest absolute Gasteiger partial charge is 0.313 e. The average molecular weight is 324 g/mol. The van der Waals surface area contributed by atoms with Crippen LogP contribution in [0.15, 0.2) is 0 Å². The number of nitrogens with one attached hydrogen (secondary N) is 1. The van der Waals surface area contributed by atoms with Crippen LogP contribution in [0.1, 0.15) is 32.6 Å². The number of likely N-dealkylation sites (N-methyl/N-ethyl adjacent to an activating group) is 1. The first-order chi connectivity index (χ1) is 9.35. The van der Waals surface area contributed by atoms with Crippen LogP contribution in [0.3, 0.4) is 0 Å². The molecule has 0 saturated carbocycles. The summed E-state index contributed by atoms with van der Waals surface area (Å²) in [4.78, 5) is 0. The van der Waals surface area contributed by atoms with Crippen LogP contribution in [0.25, 0.3) is 0 Å². The van der Waals surface area contributed by atoms with Crippen molar-refractivity contribution in [3.05, 3.63) is 0 Å². The standard InChI is InChI=1S/C12H24N2O4S2/c1-2-14(9-11-5-3-4-7-13-11)20(17,18)12-6-8-19(15,16)10-12/h11-13H,2-10H2,1H3. The SMILES string of the molecule is CCN(CC1CCCCN1)S(=O)(=O)C1CCS(=O)(=O)C1. The quantitative estimate of drug-likeness (QED) is 0.768. The van der Waals surface area contributed by atoms with Crippen LogP contribution in [-0.2, 0) is 19.9 Å². The van der Waals surface area contributed by atoms with Crippen molar-refractivity contribution in [2.45, 2.75) is 43.9 Å². The summed E-state index contributed by atoms with van der Waals surface area (Å²) in [6.45, 7) is 3.59. The van der Waals surface area contributed by atoms with E-state index in [0.29, 0.717) is 13.1 Å². The second kappa shape index (κ2) is 6.29. The first-order valence-electron chi connectivity index (χ1n) is 7.28. The van der Waals surface area contributed by atoms with Crippen molar-refractivity contribution in [1.82, 2.24) is 9.62 Å². The normalized spacial score (nSPS) is 30.7. The third-order valence-electron chi connectivity index (χ3n) is 4.16. The van der Waals surface area contributed by atoms with Gasteiger partial charge >= 0.3 is 0 Å². The third kappa shape index (κ3) is 3.72. The minimum atomic E-state index is -3.51. The fourth-order valence-electron chi connectivity index (χ4n) is 2.95. The van der Waals surface area contributed by atoms with Crippen molar-refractivity contribution in [2.24, 2.45) is 0 Å². The molecule has 2 atom stereocenters. The van der Waals surface area contributed by atoms with Crippen LogP contribution in [0.2, 0.25) is 0 Å². The Hall–Kier alpha value is -0.180. The summed E-state index contributed by atoms with van der Waals surface area (Å²) in [6, 6.07) is 0.191. The Morgan fingerprint density at radius 3 is 2.50 bits per heavy atom. The van der Waals surface area contributed by atoms with E-state index in [1.165, 1.54) is 4.31 Å². The van der Waals surface area contributed by atoms with E-state index in [-0.39, 0.29) is 24.0 Å². The van der Waals surface area contributed by atoms with Crippen molar-refractivity contribution in [3.8, 4) is 0 Å². The summed E-state index contributed by atoms with van der Waals surface area (Å²) < 4.78 is 49.6. The Kier molecular flexibility index (Phi) is 5.09. The molecule has 0 aromatic rings. The number of hydrogen-bond donors (Lipinski definition) is 1. The van der Waals surface area contributed by atoms with Crippen molar-refractivity contribution in [1.29, 1.82) is 0 Å². The maximum Gasteiger partial charge on any atom is 0.218 e. The van der Waals surface area contributed by atoms with E-state index in [2.05, 4.69) is 5.32 Å². The van der Waals surface area contributed by atoms with Crippen LogP contribution in [-0.4, -0.2) is 63.6 Å². The Morgan fingerprint density at radius 1 is 1.25 bits per heavy atom. The Labute approximate surface area is 121 Å². The Bertz CT molecular complexity index is 524. The molecule has 0 radical (unpaired) electrons. The van der Waals surface area contributed by atoms with Crippen LogP contribution in [0.4, 0.5) is 0 Å². The molecule has 0 aromatic carbocycles. The second-order valence-corrected chi connectivity index (χ2v) is 10.1. The van der Waals surface area contributed by atoms with Gasteiger partial charge in [0, 0.05) is 19.1 Å². The summed E-state index contributed by atoms with van der Waals surface area (Å²) in [5, 5.41) is 2.58. The van der Waals surface area contributed by atoms with E-state index >= 15 is 0 Å². The van der Waals surface area contributed by atoms with Gasteiger partial charge in [-0.2, -0.15) is 0 Å². The summed E-state index contributed by atoms with van der Waals surface area (Å²) in [7, 11) is -6.68. The molecule has 0 aliphatic carbocycles.